The van der Waals surface area contributed by atoms with Gasteiger partial charge in [-0.25, -0.2) is 0 Å². The smallest absolute Gasteiger partial charge is 0.0573 e. The van der Waals surface area contributed by atoms with Crippen molar-refractivity contribution in [2.24, 2.45) is 0 Å². The zero-order valence-electron chi connectivity index (χ0n) is 12.1. The maximum atomic E-state index is 3.54. The van der Waals surface area contributed by atoms with E-state index in [1.165, 1.54) is 25.9 Å². The molecule has 0 amide bonds. The predicted octanol–water partition coefficient (Wildman–Crippen LogP) is 5.01. The predicted molar refractivity (Wildman–Crippen MR) is 95.1 cm³/mol. The van der Waals surface area contributed by atoms with Gasteiger partial charge in [-0.15, -0.1) is 11.3 Å². The fourth-order valence-corrected chi connectivity index (χ4v) is 4.03. The highest BCUT2D eigenvalue weighted by atomic mass is 79.9. The Labute approximate surface area is 137 Å². The minimum absolute atomic E-state index is 0.926. The maximum absolute atomic E-state index is 3.54. The first-order valence-electron chi connectivity index (χ1n) is 7.28. The molecule has 1 N–H and O–H groups in total. The molecule has 0 aliphatic heterocycles. The molecule has 0 aliphatic rings. The van der Waals surface area contributed by atoms with Crippen LogP contribution in [0.4, 0.5) is 0 Å². The number of halogens is 1. The number of benzene rings is 1. The van der Waals surface area contributed by atoms with Crippen molar-refractivity contribution in [3.63, 3.8) is 0 Å². The molecule has 21 heavy (non-hydrogen) atoms. The van der Waals surface area contributed by atoms with Gasteiger partial charge in [0.25, 0.3) is 0 Å². The third-order valence-electron chi connectivity index (χ3n) is 3.56. The molecule has 3 aromatic rings. The maximum Gasteiger partial charge on any atom is 0.0573 e. The lowest BCUT2D eigenvalue weighted by molar-refractivity contribution is 0.638. The number of thiophene rings is 1. The lowest BCUT2D eigenvalue weighted by Gasteiger charge is -2.10. The van der Waals surface area contributed by atoms with Crippen molar-refractivity contribution in [2.75, 3.05) is 6.54 Å². The molecule has 0 saturated heterocycles. The van der Waals surface area contributed by atoms with Gasteiger partial charge in [-0.2, -0.15) is 0 Å². The zero-order valence-corrected chi connectivity index (χ0v) is 14.5. The number of nitrogens with zero attached hydrogens (tertiary/aromatic N) is 1. The van der Waals surface area contributed by atoms with Gasteiger partial charge in [0.2, 0.25) is 0 Å². The van der Waals surface area contributed by atoms with Crippen molar-refractivity contribution in [1.29, 1.82) is 0 Å². The summed E-state index contributed by atoms with van der Waals surface area (Å²) in [6.07, 6.45) is 1.16. The van der Waals surface area contributed by atoms with Crippen LogP contribution in [0.25, 0.3) is 10.9 Å². The number of aromatic nitrogens is 1. The highest BCUT2D eigenvalue weighted by Crippen LogP contribution is 2.25. The normalized spacial score (nSPS) is 11.3. The van der Waals surface area contributed by atoms with Gasteiger partial charge in [0.1, 0.15) is 0 Å². The first kappa shape index (κ1) is 14.8. The van der Waals surface area contributed by atoms with Gasteiger partial charge >= 0.3 is 0 Å². The van der Waals surface area contributed by atoms with Crippen LogP contribution in [-0.4, -0.2) is 11.1 Å². The van der Waals surface area contributed by atoms with Crippen molar-refractivity contribution in [3.8, 4) is 0 Å². The van der Waals surface area contributed by atoms with Gasteiger partial charge in [0.15, 0.2) is 0 Å². The molecule has 0 aliphatic carbocycles. The third kappa shape index (κ3) is 3.39. The largest absolute Gasteiger partial charge is 0.338 e. The van der Waals surface area contributed by atoms with Crippen LogP contribution in [0.5, 0.6) is 0 Å². The van der Waals surface area contributed by atoms with E-state index in [0.29, 0.717) is 0 Å². The molecule has 2 aromatic heterocycles. The molecule has 0 saturated carbocycles. The standard InChI is InChI=1S/C17H19BrN2S/c1-2-7-19-10-15-8-13-5-3-4-6-17(13)20(15)11-16-9-14(18)12-21-16/h3-6,8-9,12,19H,2,7,10-11H2,1H3. The second-order valence-corrected chi connectivity index (χ2v) is 7.10. The van der Waals surface area contributed by atoms with E-state index in [-0.39, 0.29) is 0 Å². The van der Waals surface area contributed by atoms with Crippen LogP contribution in [0.3, 0.4) is 0 Å². The molecule has 4 heteroatoms. The minimum Gasteiger partial charge on any atom is -0.338 e. The Bertz CT molecular complexity index is 729. The zero-order chi connectivity index (χ0) is 14.7. The van der Waals surface area contributed by atoms with E-state index in [0.717, 1.165) is 26.1 Å². The topological polar surface area (TPSA) is 17.0 Å². The molecule has 0 radical (unpaired) electrons. The molecule has 0 fully saturated rings. The van der Waals surface area contributed by atoms with Crippen LogP contribution < -0.4 is 5.32 Å². The summed E-state index contributed by atoms with van der Waals surface area (Å²) in [5.74, 6) is 0. The molecule has 2 heterocycles. The van der Waals surface area contributed by atoms with Crippen LogP contribution in [-0.2, 0) is 13.1 Å². The Hall–Kier alpha value is -1.10. The van der Waals surface area contributed by atoms with Gasteiger partial charge in [0.05, 0.1) is 6.54 Å². The molecule has 2 nitrogen and oxygen atoms in total. The SMILES string of the molecule is CCCNCc1cc2ccccc2n1Cc1cc(Br)cs1. The Balaban J connectivity index is 1.94. The third-order valence-corrected chi connectivity index (χ3v) is 5.25. The molecular formula is C17H19BrN2S. The van der Waals surface area contributed by atoms with E-state index in [1.807, 2.05) is 0 Å². The first-order chi connectivity index (χ1) is 10.3. The highest BCUT2D eigenvalue weighted by Gasteiger charge is 2.09. The van der Waals surface area contributed by atoms with E-state index < -0.39 is 0 Å². The molecule has 0 spiro atoms. The molecular weight excluding hydrogens is 344 g/mol. The van der Waals surface area contributed by atoms with E-state index in [1.54, 1.807) is 11.3 Å². The van der Waals surface area contributed by atoms with Crippen molar-refractivity contribution < 1.29 is 0 Å². The van der Waals surface area contributed by atoms with Crippen molar-refractivity contribution in [1.82, 2.24) is 9.88 Å². The Morgan fingerprint density at radius 3 is 2.86 bits per heavy atom. The molecule has 0 unspecified atom stereocenters. The molecule has 0 bridgehead atoms. The second kappa shape index (κ2) is 6.77. The van der Waals surface area contributed by atoms with Crippen molar-refractivity contribution >= 4 is 38.2 Å². The molecule has 0 atom stereocenters. The van der Waals surface area contributed by atoms with Crippen LogP contribution >= 0.6 is 27.3 Å². The fraction of sp³-hybridized carbons (Fsp3) is 0.294. The summed E-state index contributed by atoms with van der Waals surface area (Å²) in [5, 5.41) is 6.99. The molecule has 110 valence electrons. The van der Waals surface area contributed by atoms with Crippen LogP contribution in [0.2, 0.25) is 0 Å². The van der Waals surface area contributed by atoms with E-state index in [2.05, 4.69) is 74.5 Å². The van der Waals surface area contributed by atoms with Crippen LogP contribution in [0.1, 0.15) is 23.9 Å². The minimum atomic E-state index is 0.926. The Morgan fingerprint density at radius 2 is 2.10 bits per heavy atom. The Morgan fingerprint density at radius 1 is 1.24 bits per heavy atom. The summed E-state index contributed by atoms with van der Waals surface area (Å²) in [7, 11) is 0. The summed E-state index contributed by atoms with van der Waals surface area (Å²) in [4.78, 5) is 1.37. The highest BCUT2D eigenvalue weighted by molar-refractivity contribution is 9.10. The number of hydrogen-bond acceptors (Lipinski definition) is 2. The number of fused-ring (bicyclic) bond motifs is 1. The fourth-order valence-electron chi connectivity index (χ4n) is 2.59. The summed E-state index contributed by atoms with van der Waals surface area (Å²) in [6, 6.07) is 13.1. The van der Waals surface area contributed by atoms with Gasteiger partial charge in [0, 0.05) is 32.5 Å². The molecule has 1 aromatic carbocycles. The van der Waals surface area contributed by atoms with E-state index in [4.69, 9.17) is 0 Å². The number of rotatable bonds is 6. The summed E-state index contributed by atoms with van der Waals surface area (Å²) in [5.41, 5.74) is 2.67. The quantitative estimate of drug-likeness (QED) is 0.609. The summed E-state index contributed by atoms with van der Waals surface area (Å²) in [6.45, 7) is 5.12. The van der Waals surface area contributed by atoms with Gasteiger partial charge in [-0.1, -0.05) is 25.1 Å². The average Bonchev–Trinajstić information content (AvgIpc) is 3.05. The van der Waals surface area contributed by atoms with Gasteiger partial charge in [-0.3, -0.25) is 0 Å². The first-order valence-corrected chi connectivity index (χ1v) is 8.96. The van der Waals surface area contributed by atoms with E-state index in [9.17, 15) is 0 Å². The second-order valence-electron chi connectivity index (χ2n) is 5.19. The Kier molecular flexibility index (Phi) is 4.78. The molecule has 3 rings (SSSR count). The lowest BCUT2D eigenvalue weighted by atomic mass is 10.2. The number of para-hydroxylation sites is 1. The lowest BCUT2D eigenvalue weighted by Crippen LogP contribution is -2.17. The number of nitrogens with one attached hydrogen (secondary N) is 1. The van der Waals surface area contributed by atoms with Crippen LogP contribution in [0.15, 0.2) is 46.3 Å². The van der Waals surface area contributed by atoms with Gasteiger partial charge in [-0.05, 0) is 52.5 Å². The average molecular weight is 363 g/mol. The monoisotopic (exact) mass is 362 g/mol. The summed E-state index contributed by atoms with van der Waals surface area (Å²) < 4.78 is 3.60. The van der Waals surface area contributed by atoms with Crippen molar-refractivity contribution in [3.05, 3.63) is 56.8 Å². The van der Waals surface area contributed by atoms with Crippen molar-refractivity contribution in [2.45, 2.75) is 26.4 Å². The van der Waals surface area contributed by atoms with Crippen LogP contribution in [0, 0.1) is 0 Å². The van der Waals surface area contributed by atoms with E-state index >= 15 is 0 Å². The van der Waals surface area contributed by atoms with Gasteiger partial charge < -0.3 is 9.88 Å². The summed E-state index contributed by atoms with van der Waals surface area (Å²) >= 11 is 5.35. The number of hydrogen-bond donors (Lipinski definition) is 1.